The topological polar surface area (TPSA) is 139 Å². The predicted octanol–water partition coefficient (Wildman–Crippen LogP) is 5.02. The number of piperazine rings is 1. The molecule has 3 fully saturated rings. The van der Waals surface area contributed by atoms with Crippen LogP contribution in [0.3, 0.4) is 0 Å². The molecule has 4 aliphatic rings. The third kappa shape index (κ3) is 7.07. The van der Waals surface area contributed by atoms with Crippen LogP contribution in [0.1, 0.15) is 88.4 Å². The van der Waals surface area contributed by atoms with Crippen LogP contribution < -0.4 is 20.0 Å². The quantitative estimate of drug-likeness (QED) is 0.295. The van der Waals surface area contributed by atoms with Gasteiger partial charge >= 0.3 is 11.8 Å². The van der Waals surface area contributed by atoms with E-state index in [-0.39, 0.29) is 44.0 Å². The number of aryl methyl sites for hydroxylation is 1. The number of nitrogens with one attached hydrogen (secondary N) is 1. The number of sulfonamides is 1. The number of carbonyl (C=O) groups is 2. The van der Waals surface area contributed by atoms with Crippen molar-refractivity contribution in [2.45, 2.75) is 88.4 Å². The van der Waals surface area contributed by atoms with Crippen LogP contribution in [-0.2, 0) is 33.9 Å². The number of benzene rings is 2. The Morgan fingerprint density at radius 2 is 1.80 bits per heavy atom. The maximum Gasteiger partial charge on any atom is 0.417 e. The highest BCUT2D eigenvalue weighted by molar-refractivity contribution is 7.91. The molecule has 7 rings (SSSR count). The third-order valence-corrected chi connectivity index (χ3v) is 13.7. The number of methoxy groups -OCH3 is 1. The van der Waals surface area contributed by atoms with Crippen LogP contribution in [0.2, 0.25) is 0 Å². The molecular formula is C38H45F3N4O8S. The summed E-state index contributed by atoms with van der Waals surface area (Å²) in [5, 5.41) is 0.734. The standard InChI is InChI=1S/C38H45F3N4O8S/c1-22-30(44-16-15-43(3)24(19-44)21-51-4)10-9-27-26-11-14-45(20-28(26)36(48)53-33(22)27)35(47)23-17-29(38(39,40)41)32(31(18-23)52-25-7-5-6-8-25)34(46)42-54(49,50)37(2)12-13-37/h9-10,17-18,24-25H,5-8,11-16,19-21H2,1-4H3,(H,42,46)/t24-/m1/s1. The molecule has 0 spiro atoms. The zero-order valence-corrected chi connectivity index (χ0v) is 31.6. The van der Waals surface area contributed by atoms with Crippen molar-refractivity contribution in [1.29, 1.82) is 0 Å². The van der Waals surface area contributed by atoms with Crippen LogP contribution in [0.4, 0.5) is 18.9 Å². The number of halogens is 3. The van der Waals surface area contributed by atoms with Crippen LogP contribution in [0.5, 0.6) is 5.75 Å². The van der Waals surface area contributed by atoms with E-state index in [1.54, 1.807) is 7.11 Å². The van der Waals surface area contributed by atoms with E-state index < -0.39 is 66.9 Å². The first-order valence-electron chi connectivity index (χ1n) is 18.3. The summed E-state index contributed by atoms with van der Waals surface area (Å²) in [5.74, 6) is -2.80. The third-order valence-electron chi connectivity index (χ3n) is 11.6. The molecule has 2 saturated carbocycles. The second-order valence-electron chi connectivity index (χ2n) is 15.2. The molecule has 0 bridgehead atoms. The van der Waals surface area contributed by atoms with Gasteiger partial charge in [0, 0.05) is 55.5 Å². The minimum atomic E-state index is -5.15. The Bertz CT molecular complexity index is 2160. The Labute approximate surface area is 311 Å². The van der Waals surface area contributed by atoms with E-state index in [4.69, 9.17) is 13.9 Å². The van der Waals surface area contributed by atoms with Gasteiger partial charge < -0.3 is 23.7 Å². The first kappa shape index (κ1) is 38.1. The molecule has 0 radical (unpaired) electrons. The fourth-order valence-corrected chi connectivity index (χ4v) is 9.14. The van der Waals surface area contributed by atoms with Crippen LogP contribution in [0, 0.1) is 6.92 Å². The van der Waals surface area contributed by atoms with Gasteiger partial charge in [-0.05, 0) is 95.7 Å². The zero-order chi connectivity index (χ0) is 38.7. The Morgan fingerprint density at radius 3 is 2.46 bits per heavy atom. The predicted molar refractivity (Wildman–Crippen MR) is 195 cm³/mol. The molecule has 1 N–H and O–H groups in total. The summed E-state index contributed by atoms with van der Waals surface area (Å²) in [6.45, 7) is 6.14. The van der Waals surface area contributed by atoms with E-state index in [1.165, 1.54) is 11.8 Å². The van der Waals surface area contributed by atoms with Crippen LogP contribution in [0.15, 0.2) is 33.5 Å². The molecule has 3 heterocycles. The second kappa shape index (κ2) is 14.2. The molecule has 12 nitrogen and oxygen atoms in total. The maximum atomic E-state index is 14.7. The van der Waals surface area contributed by atoms with Crippen LogP contribution >= 0.6 is 0 Å². The van der Waals surface area contributed by atoms with Gasteiger partial charge in [-0.15, -0.1) is 0 Å². The van der Waals surface area contributed by atoms with Crippen molar-refractivity contribution < 1.29 is 45.1 Å². The minimum absolute atomic E-state index is 0.0988. The lowest BCUT2D eigenvalue weighted by Crippen LogP contribution is -2.53. The van der Waals surface area contributed by atoms with Crippen LogP contribution in [-0.4, -0.2) is 93.9 Å². The number of fused-ring (bicyclic) bond motifs is 3. The molecule has 54 heavy (non-hydrogen) atoms. The van der Waals surface area contributed by atoms with Crippen molar-refractivity contribution in [3.63, 3.8) is 0 Å². The van der Waals surface area contributed by atoms with Crippen LogP contribution in [0.25, 0.3) is 11.0 Å². The first-order chi connectivity index (χ1) is 25.5. The van der Waals surface area contributed by atoms with Gasteiger partial charge in [-0.25, -0.2) is 17.9 Å². The van der Waals surface area contributed by atoms with Gasteiger partial charge in [-0.3, -0.25) is 14.5 Å². The van der Waals surface area contributed by atoms with Crippen molar-refractivity contribution in [2.24, 2.45) is 0 Å². The summed E-state index contributed by atoms with van der Waals surface area (Å²) in [6.07, 6.45) is -2.32. The van der Waals surface area contributed by atoms with E-state index in [0.29, 0.717) is 31.1 Å². The van der Waals surface area contributed by atoms with Crippen molar-refractivity contribution in [2.75, 3.05) is 51.8 Å². The number of ether oxygens (including phenoxy) is 2. The van der Waals surface area contributed by atoms with Gasteiger partial charge in [0.15, 0.2) is 0 Å². The van der Waals surface area contributed by atoms with Gasteiger partial charge in [0.05, 0.1) is 46.7 Å². The molecule has 2 aliphatic heterocycles. The Kier molecular flexibility index (Phi) is 10.0. The lowest BCUT2D eigenvalue weighted by molar-refractivity contribution is -0.138. The molecule has 16 heteroatoms. The second-order valence-corrected chi connectivity index (χ2v) is 17.4. The monoisotopic (exact) mass is 774 g/mol. The average Bonchev–Trinajstić information content (AvgIpc) is 3.69. The molecule has 1 saturated heterocycles. The molecular weight excluding hydrogens is 729 g/mol. The first-order valence-corrected chi connectivity index (χ1v) is 19.8. The smallest absolute Gasteiger partial charge is 0.417 e. The number of carbonyl (C=O) groups excluding carboxylic acids is 2. The van der Waals surface area contributed by atoms with Crippen molar-refractivity contribution >= 4 is 38.5 Å². The summed E-state index contributed by atoms with van der Waals surface area (Å²) in [4.78, 5) is 46.8. The summed E-state index contributed by atoms with van der Waals surface area (Å²) < 4.78 is 87.9. The molecule has 3 aromatic rings. The Hall–Kier alpha value is -4.15. The lowest BCUT2D eigenvalue weighted by Gasteiger charge is -2.41. The highest BCUT2D eigenvalue weighted by Gasteiger charge is 2.51. The maximum absolute atomic E-state index is 14.7. The molecule has 1 atom stereocenters. The number of anilines is 1. The van der Waals surface area contributed by atoms with Gasteiger partial charge in [-0.1, -0.05) is 0 Å². The van der Waals surface area contributed by atoms with E-state index in [0.717, 1.165) is 60.7 Å². The van der Waals surface area contributed by atoms with Gasteiger partial charge in [0.1, 0.15) is 11.3 Å². The number of hydrogen-bond donors (Lipinski definition) is 1. The van der Waals surface area contributed by atoms with Crippen molar-refractivity contribution in [1.82, 2.24) is 14.5 Å². The SMILES string of the molecule is COC[C@H]1CN(c2ccc3c4c(c(=O)oc3c2C)CN(C(=O)c2cc(OC3CCCC3)c(C(=O)NS(=O)(=O)C3(C)CC3)c(C(F)(F)F)c2)CC4)CCN1C. The Balaban J connectivity index is 1.21. The molecule has 0 unspecified atom stereocenters. The molecule has 2 amide bonds. The summed E-state index contributed by atoms with van der Waals surface area (Å²) in [6, 6.07) is 5.74. The molecule has 2 aliphatic carbocycles. The summed E-state index contributed by atoms with van der Waals surface area (Å²) >= 11 is 0. The van der Waals surface area contributed by atoms with Gasteiger partial charge in [-0.2, -0.15) is 13.2 Å². The van der Waals surface area contributed by atoms with E-state index in [9.17, 15) is 36.0 Å². The number of amides is 2. The normalized spacial score (nSPS) is 20.6. The zero-order valence-electron chi connectivity index (χ0n) is 30.8. The Morgan fingerprint density at radius 1 is 1.07 bits per heavy atom. The number of nitrogens with zero attached hydrogens (tertiary/aromatic N) is 3. The number of rotatable bonds is 9. The fourth-order valence-electron chi connectivity index (χ4n) is 7.90. The van der Waals surface area contributed by atoms with Crippen molar-refractivity contribution in [3.05, 3.63) is 68.1 Å². The molecule has 2 aromatic carbocycles. The fraction of sp³-hybridized carbons (Fsp3) is 0.553. The van der Waals surface area contributed by atoms with Gasteiger partial charge in [0.25, 0.3) is 11.8 Å². The number of likely N-dealkylation sites (N-methyl/N-ethyl adjacent to an activating group) is 1. The molecule has 1 aromatic heterocycles. The van der Waals surface area contributed by atoms with E-state index in [2.05, 4.69) is 16.8 Å². The highest BCUT2D eigenvalue weighted by Crippen LogP contribution is 2.44. The average molecular weight is 775 g/mol. The number of alkyl halides is 3. The largest absolute Gasteiger partial charge is 0.490 e. The summed E-state index contributed by atoms with van der Waals surface area (Å²) in [7, 11) is -0.561. The van der Waals surface area contributed by atoms with Crippen molar-refractivity contribution in [3.8, 4) is 5.75 Å². The van der Waals surface area contributed by atoms with E-state index >= 15 is 0 Å². The van der Waals surface area contributed by atoms with E-state index in [1.807, 2.05) is 23.8 Å². The van der Waals surface area contributed by atoms with Gasteiger partial charge in [0.2, 0.25) is 10.0 Å². The summed E-state index contributed by atoms with van der Waals surface area (Å²) in [5.41, 5.74) is -0.357. The minimum Gasteiger partial charge on any atom is -0.490 e. The lowest BCUT2D eigenvalue weighted by atomic mass is 9.94. The number of hydrogen-bond acceptors (Lipinski definition) is 10. The molecule has 292 valence electrons. The highest BCUT2D eigenvalue weighted by atomic mass is 32.2.